The Labute approximate surface area is 199 Å². The van der Waals surface area contributed by atoms with Crippen LogP contribution in [0.15, 0.2) is 65.7 Å². The van der Waals surface area contributed by atoms with Gasteiger partial charge in [0, 0.05) is 24.0 Å². The molecule has 0 fully saturated rings. The zero-order valence-corrected chi connectivity index (χ0v) is 20.9. The molecule has 0 radical (unpaired) electrons. The molecule has 0 saturated heterocycles. The first-order chi connectivity index (χ1) is 15.8. The molecule has 0 aliphatic carbocycles. The number of aliphatic imine (C=N–C) groups is 1. The smallest absolute Gasteiger partial charge is 0.127 e. The van der Waals surface area contributed by atoms with Crippen LogP contribution < -0.4 is 9.64 Å². The van der Waals surface area contributed by atoms with Crippen LogP contribution in [0.4, 0.5) is 11.4 Å². The quantitative estimate of drug-likeness (QED) is 0.360. The average Bonchev–Trinajstić information content (AvgIpc) is 2.78. The van der Waals surface area contributed by atoms with Gasteiger partial charge in [-0.05, 0) is 112 Å². The van der Waals surface area contributed by atoms with Crippen LogP contribution in [-0.4, -0.2) is 18.3 Å². The molecule has 33 heavy (non-hydrogen) atoms. The van der Waals surface area contributed by atoms with Gasteiger partial charge in [0.05, 0.1) is 5.69 Å². The van der Waals surface area contributed by atoms with E-state index in [2.05, 4.69) is 70.7 Å². The highest BCUT2D eigenvalue weighted by molar-refractivity contribution is 5.86. The zero-order valence-electron chi connectivity index (χ0n) is 20.9. The second-order valence-electron chi connectivity index (χ2n) is 10.0. The van der Waals surface area contributed by atoms with Gasteiger partial charge in [0.25, 0.3) is 0 Å². The summed E-state index contributed by atoms with van der Waals surface area (Å²) in [4.78, 5) is 7.36. The standard InChI is InChI=1S/C30H36N2O/c1-7-16-32-29-17-22(3)24(18-28(29)23(4)19-30(32,5)6)20-31-25-10-14-27(15-11-25)33-26-12-8-21(2)9-13-26/h8-15,17-18,20,23H,7,16,19H2,1-6H3. The molecule has 3 heteroatoms. The van der Waals surface area contributed by atoms with E-state index < -0.39 is 0 Å². The molecule has 0 N–H and O–H groups in total. The third-order valence-electron chi connectivity index (χ3n) is 6.67. The number of nitrogens with zero attached hydrogens (tertiary/aromatic N) is 2. The second kappa shape index (κ2) is 9.43. The SMILES string of the molecule is CCCN1c2cc(C)c(C=Nc3ccc(Oc4ccc(C)cc4)cc3)cc2C(C)CC1(C)C. The van der Waals surface area contributed by atoms with E-state index in [4.69, 9.17) is 9.73 Å². The van der Waals surface area contributed by atoms with Crippen molar-refractivity contribution in [2.45, 2.75) is 65.8 Å². The van der Waals surface area contributed by atoms with E-state index in [9.17, 15) is 0 Å². The van der Waals surface area contributed by atoms with Crippen LogP contribution >= 0.6 is 0 Å². The molecule has 0 saturated carbocycles. The lowest BCUT2D eigenvalue weighted by atomic mass is 9.79. The summed E-state index contributed by atoms with van der Waals surface area (Å²) >= 11 is 0. The largest absolute Gasteiger partial charge is 0.457 e. The summed E-state index contributed by atoms with van der Waals surface area (Å²) in [6.07, 6.45) is 4.33. The summed E-state index contributed by atoms with van der Waals surface area (Å²) < 4.78 is 5.93. The van der Waals surface area contributed by atoms with Gasteiger partial charge in [-0.1, -0.05) is 31.5 Å². The summed E-state index contributed by atoms with van der Waals surface area (Å²) in [6.45, 7) is 14.7. The third kappa shape index (κ3) is 5.13. The highest BCUT2D eigenvalue weighted by Crippen LogP contribution is 2.44. The predicted molar refractivity (Wildman–Crippen MR) is 141 cm³/mol. The van der Waals surface area contributed by atoms with Crippen LogP contribution in [0.25, 0.3) is 0 Å². The number of ether oxygens (including phenoxy) is 1. The summed E-state index contributed by atoms with van der Waals surface area (Å²) in [6, 6.07) is 20.8. The molecular formula is C30H36N2O. The van der Waals surface area contributed by atoms with Crippen LogP contribution in [0, 0.1) is 13.8 Å². The van der Waals surface area contributed by atoms with Crippen molar-refractivity contribution in [2.24, 2.45) is 4.99 Å². The lowest BCUT2D eigenvalue weighted by Crippen LogP contribution is -2.48. The number of aryl methyl sites for hydroxylation is 2. The van der Waals surface area contributed by atoms with Gasteiger partial charge < -0.3 is 9.64 Å². The molecule has 3 aromatic carbocycles. The molecule has 0 spiro atoms. The van der Waals surface area contributed by atoms with E-state index in [0.29, 0.717) is 5.92 Å². The Kier molecular flexibility index (Phi) is 6.60. The number of fused-ring (bicyclic) bond motifs is 1. The van der Waals surface area contributed by atoms with Gasteiger partial charge in [-0.15, -0.1) is 0 Å². The maximum Gasteiger partial charge on any atom is 0.127 e. The molecule has 172 valence electrons. The Bertz CT molecular complexity index is 1130. The maximum absolute atomic E-state index is 5.93. The van der Waals surface area contributed by atoms with Gasteiger partial charge in [0.15, 0.2) is 0 Å². The Balaban J connectivity index is 1.54. The Morgan fingerprint density at radius 1 is 1.00 bits per heavy atom. The van der Waals surface area contributed by atoms with E-state index in [-0.39, 0.29) is 5.54 Å². The summed E-state index contributed by atoms with van der Waals surface area (Å²) in [7, 11) is 0. The van der Waals surface area contributed by atoms with Crippen molar-refractivity contribution in [1.82, 2.24) is 0 Å². The molecule has 0 amide bonds. The van der Waals surface area contributed by atoms with Crippen molar-refractivity contribution in [3.63, 3.8) is 0 Å². The highest BCUT2D eigenvalue weighted by Gasteiger charge is 2.36. The van der Waals surface area contributed by atoms with Crippen molar-refractivity contribution >= 4 is 17.6 Å². The molecule has 3 aromatic rings. The Hall–Kier alpha value is -3.07. The van der Waals surface area contributed by atoms with E-state index in [1.54, 1.807) is 0 Å². The number of benzene rings is 3. The minimum Gasteiger partial charge on any atom is -0.457 e. The van der Waals surface area contributed by atoms with E-state index >= 15 is 0 Å². The molecule has 1 heterocycles. The Morgan fingerprint density at radius 3 is 2.27 bits per heavy atom. The number of hydrogen-bond donors (Lipinski definition) is 0. The second-order valence-corrected chi connectivity index (χ2v) is 10.0. The predicted octanol–water partition coefficient (Wildman–Crippen LogP) is 8.35. The van der Waals surface area contributed by atoms with Gasteiger partial charge in [0.2, 0.25) is 0 Å². The normalized spacial score (nSPS) is 17.3. The molecule has 0 aromatic heterocycles. The summed E-state index contributed by atoms with van der Waals surface area (Å²) in [5.41, 5.74) is 7.63. The number of anilines is 1. The summed E-state index contributed by atoms with van der Waals surface area (Å²) in [5.74, 6) is 2.19. The highest BCUT2D eigenvalue weighted by atomic mass is 16.5. The van der Waals surface area contributed by atoms with Crippen molar-refractivity contribution in [1.29, 1.82) is 0 Å². The minimum absolute atomic E-state index is 0.187. The Morgan fingerprint density at radius 2 is 1.64 bits per heavy atom. The fraction of sp³-hybridized carbons (Fsp3) is 0.367. The van der Waals surface area contributed by atoms with E-state index in [1.807, 2.05) is 42.6 Å². The molecule has 1 unspecified atom stereocenters. The van der Waals surface area contributed by atoms with E-state index in [1.165, 1.54) is 34.4 Å². The molecule has 3 nitrogen and oxygen atoms in total. The first kappa shape index (κ1) is 23.1. The fourth-order valence-corrected chi connectivity index (χ4v) is 4.92. The third-order valence-corrected chi connectivity index (χ3v) is 6.67. The lowest BCUT2D eigenvalue weighted by Gasteiger charge is -2.48. The first-order valence-corrected chi connectivity index (χ1v) is 12.1. The lowest BCUT2D eigenvalue weighted by molar-refractivity contribution is 0.376. The topological polar surface area (TPSA) is 24.8 Å². The van der Waals surface area contributed by atoms with Crippen molar-refractivity contribution in [3.05, 3.63) is 82.9 Å². The minimum atomic E-state index is 0.187. The van der Waals surface area contributed by atoms with Crippen LogP contribution in [0.3, 0.4) is 0 Å². The van der Waals surface area contributed by atoms with Gasteiger partial charge in [-0.3, -0.25) is 4.99 Å². The molecule has 0 bridgehead atoms. The fourth-order valence-electron chi connectivity index (χ4n) is 4.92. The van der Waals surface area contributed by atoms with Crippen molar-refractivity contribution < 1.29 is 4.74 Å². The van der Waals surface area contributed by atoms with Crippen LogP contribution in [0.2, 0.25) is 0 Å². The van der Waals surface area contributed by atoms with Gasteiger partial charge in [-0.25, -0.2) is 0 Å². The maximum atomic E-state index is 5.93. The monoisotopic (exact) mass is 440 g/mol. The molecule has 1 atom stereocenters. The average molecular weight is 441 g/mol. The zero-order chi connectivity index (χ0) is 23.6. The molecular weight excluding hydrogens is 404 g/mol. The van der Waals surface area contributed by atoms with Crippen LogP contribution in [0.5, 0.6) is 11.5 Å². The number of hydrogen-bond acceptors (Lipinski definition) is 3. The van der Waals surface area contributed by atoms with Gasteiger partial charge >= 0.3 is 0 Å². The molecule has 1 aliphatic heterocycles. The molecule has 4 rings (SSSR count). The van der Waals surface area contributed by atoms with Crippen molar-refractivity contribution in [3.8, 4) is 11.5 Å². The van der Waals surface area contributed by atoms with Gasteiger partial charge in [0.1, 0.15) is 11.5 Å². The van der Waals surface area contributed by atoms with Crippen LogP contribution in [0.1, 0.15) is 68.7 Å². The first-order valence-electron chi connectivity index (χ1n) is 12.1. The number of rotatable bonds is 6. The van der Waals surface area contributed by atoms with Crippen LogP contribution in [-0.2, 0) is 0 Å². The van der Waals surface area contributed by atoms with Crippen molar-refractivity contribution in [2.75, 3.05) is 11.4 Å². The molecule has 1 aliphatic rings. The summed E-state index contributed by atoms with van der Waals surface area (Å²) in [5, 5.41) is 0. The van der Waals surface area contributed by atoms with Gasteiger partial charge in [-0.2, -0.15) is 0 Å². The van der Waals surface area contributed by atoms with E-state index in [0.717, 1.165) is 30.2 Å².